The molecule has 1 amide bonds. The van der Waals surface area contributed by atoms with Gasteiger partial charge in [0, 0.05) is 11.1 Å². The maximum atomic E-state index is 12.5. The number of amides is 1. The highest BCUT2D eigenvalue weighted by Crippen LogP contribution is 2.29. The Labute approximate surface area is 152 Å². The highest BCUT2D eigenvalue weighted by Gasteiger charge is 2.38. The molecule has 2 N–H and O–H groups in total. The number of carboxylic acids is 1. The average molecular weight is 385 g/mol. The zero-order chi connectivity index (χ0) is 20.2. The highest BCUT2D eigenvalue weighted by atomic mass is 19.4. The molecule has 0 fully saturated rings. The molecule has 2 aromatic rings. The van der Waals surface area contributed by atoms with Crippen molar-refractivity contribution in [3.8, 4) is 11.4 Å². The predicted octanol–water partition coefficient (Wildman–Crippen LogP) is 3.52. The lowest BCUT2D eigenvalue weighted by Crippen LogP contribution is -2.49. The lowest BCUT2D eigenvalue weighted by atomic mass is 9.88. The molecule has 0 saturated carbocycles. The molecule has 0 aliphatic carbocycles. The van der Waals surface area contributed by atoms with Gasteiger partial charge in [0.15, 0.2) is 0 Å². The molecule has 0 bridgehead atoms. The first-order valence-electron chi connectivity index (χ1n) is 8.16. The number of nitrogens with one attached hydrogen (secondary N) is 1. The van der Waals surface area contributed by atoms with Crippen molar-refractivity contribution in [3.05, 3.63) is 35.7 Å². The second-order valence-electron chi connectivity index (χ2n) is 6.01. The van der Waals surface area contributed by atoms with Crippen LogP contribution in [0, 0.1) is 0 Å². The van der Waals surface area contributed by atoms with E-state index in [1.54, 1.807) is 13.8 Å². The van der Waals surface area contributed by atoms with Crippen LogP contribution in [0.25, 0.3) is 11.4 Å². The molecule has 7 nitrogen and oxygen atoms in total. The Morgan fingerprint density at radius 2 is 1.74 bits per heavy atom. The fourth-order valence-electron chi connectivity index (χ4n) is 2.55. The fourth-order valence-corrected chi connectivity index (χ4v) is 2.55. The summed E-state index contributed by atoms with van der Waals surface area (Å²) < 4.78 is 41.7. The number of nitrogens with zero attached hydrogens (tertiary/aromatic N) is 2. The first kappa shape index (κ1) is 20.4. The van der Waals surface area contributed by atoms with E-state index in [-0.39, 0.29) is 23.4 Å². The molecule has 1 aromatic carbocycles. The Bertz CT molecular complexity index is 812. The Morgan fingerprint density at radius 1 is 1.15 bits per heavy atom. The lowest BCUT2D eigenvalue weighted by Gasteiger charge is -2.31. The SMILES string of the molecule is CCC(CC)(CC(=O)O)NC(=O)c1ccc(-c2noc(C(F)(F)F)n2)cc1. The van der Waals surface area contributed by atoms with Gasteiger partial charge in [-0.1, -0.05) is 31.1 Å². The van der Waals surface area contributed by atoms with Crippen molar-refractivity contribution < 1.29 is 32.4 Å². The van der Waals surface area contributed by atoms with Crippen LogP contribution in [0.3, 0.4) is 0 Å². The van der Waals surface area contributed by atoms with Crippen molar-refractivity contribution in [1.82, 2.24) is 15.5 Å². The zero-order valence-corrected chi connectivity index (χ0v) is 14.6. The van der Waals surface area contributed by atoms with E-state index in [0.717, 1.165) is 0 Å². The van der Waals surface area contributed by atoms with E-state index in [4.69, 9.17) is 5.11 Å². The van der Waals surface area contributed by atoms with E-state index < -0.39 is 29.5 Å². The predicted molar refractivity (Wildman–Crippen MR) is 87.8 cm³/mol. The molecule has 146 valence electrons. The molecule has 0 unspecified atom stereocenters. The van der Waals surface area contributed by atoms with Crippen molar-refractivity contribution in [2.45, 2.75) is 44.8 Å². The molecule has 1 aromatic heterocycles. The number of alkyl halides is 3. The largest absolute Gasteiger partial charge is 0.481 e. The summed E-state index contributed by atoms with van der Waals surface area (Å²) in [5, 5.41) is 15.1. The van der Waals surface area contributed by atoms with Gasteiger partial charge in [-0.25, -0.2) is 0 Å². The Morgan fingerprint density at radius 3 is 2.19 bits per heavy atom. The zero-order valence-electron chi connectivity index (χ0n) is 14.6. The summed E-state index contributed by atoms with van der Waals surface area (Å²) in [6, 6.07) is 5.56. The molecule has 10 heteroatoms. The lowest BCUT2D eigenvalue weighted by molar-refractivity contribution is -0.159. The average Bonchev–Trinajstić information content (AvgIpc) is 3.11. The second-order valence-corrected chi connectivity index (χ2v) is 6.01. The van der Waals surface area contributed by atoms with E-state index >= 15 is 0 Å². The van der Waals surface area contributed by atoms with E-state index in [2.05, 4.69) is 20.0 Å². The number of aliphatic carboxylic acids is 1. The van der Waals surface area contributed by atoms with Crippen LogP contribution in [0.1, 0.15) is 49.4 Å². The topological polar surface area (TPSA) is 105 Å². The summed E-state index contributed by atoms with van der Waals surface area (Å²) in [6.07, 6.45) is -4.09. The van der Waals surface area contributed by atoms with Crippen molar-refractivity contribution in [2.24, 2.45) is 0 Å². The van der Waals surface area contributed by atoms with E-state index in [9.17, 15) is 22.8 Å². The molecule has 0 aliphatic rings. The highest BCUT2D eigenvalue weighted by molar-refractivity contribution is 5.95. The van der Waals surface area contributed by atoms with Gasteiger partial charge in [0.05, 0.1) is 12.0 Å². The number of benzene rings is 1. The molecular formula is C17H18F3N3O4. The van der Waals surface area contributed by atoms with Crippen molar-refractivity contribution >= 4 is 11.9 Å². The Kier molecular flexibility index (Phi) is 5.87. The van der Waals surface area contributed by atoms with E-state index in [1.165, 1.54) is 24.3 Å². The number of carboxylic acid groups (broad SMARTS) is 1. The van der Waals surface area contributed by atoms with Gasteiger partial charge in [-0.05, 0) is 25.0 Å². The molecule has 27 heavy (non-hydrogen) atoms. The molecule has 0 saturated heterocycles. The molecule has 1 heterocycles. The number of hydrogen-bond donors (Lipinski definition) is 2. The third-order valence-corrected chi connectivity index (χ3v) is 4.30. The Balaban J connectivity index is 2.17. The van der Waals surface area contributed by atoms with Crippen molar-refractivity contribution in [2.75, 3.05) is 0 Å². The van der Waals surface area contributed by atoms with E-state index in [0.29, 0.717) is 12.8 Å². The number of rotatable bonds is 7. The van der Waals surface area contributed by atoms with Crippen LogP contribution >= 0.6 is 0 Å². The molecule has 0 radical (unpaired) electrons. The number of carbonyl (C=O) groups is 2. The minimum atomic E-state index is -4.74. The van der Waals surface area contributed by atoms with Crippen LogP contribution in [0.2, 0.25) is 0 Å². The van der Waals surface area contributed by atoms with Crippen LogP contribution in [0.4, 0.5) is 13.2 Å². The molecular weight excluding hydrogens is 367 g/mol. The van der Waals surface area contributed by atoms with Crippen LogP contribution in [-0.4, -0.2) is 32.7 Å². The first-order valence-corrected chi connectivity index (χ1v) is 8.16. The maximum absolute atomic E-state index is 12.5. The quantitative estimate of drug-likeness (QED) is 0.756. The van der Waals surface area contributed by atoms with Gasteiger partial charge in [0.25, 0.3) is 5.91 Å². The Hall–Kier alpha value is -2.91. The smallest absolute Gasteiger partial charge is 0.471 e. The first-order chi connectivity index (χ1) is 12.6. The molecule has 0 spiro atoms. The van der Waals surface area contributed by atoms with Gasteiger partial charge >= 0.3 is 18.0 Å². The third-order valence-electron chi connectivity index (χ3n) is 4.30. The summed E-state index contributed by atoms with van der Waals surface area (Å²) in [5.41, 5.74) is -0.403. The fraction of sp³-hybridized carbons (Fsp3) is 0.412. The number of hydrogen-bond acceptors (Lipinski definition) is 5. The van der Waals surface area contributed by atoms with Gasteiger partial charge in [-0.3, -0.25) is 9.59 Å². The summed E-state index contributed by atoms with van der Waals surface area (Å²) in [4.78, 5) is 26.8. The normalized spacial score (nSPS) is 12.0. The van der Waals surface area contributed by atoms with Crippen molar-refractivity contribution in [1.29, 1.82) is 0 Å². The van der Waals surface area contributed by atoms with Gasteiger partial charge in [0.2, 0.25) is 5.82 Å². The number of carbonyl (C=O) groups excluding carboxylic acids is 1. The second kappa shape index (κ2) is 7.77. The van der Waals surface area contributed by atoms with Crippen LogP contribution in [0.5, 0.6) is 0 Å². The van der Waals surface area contributed by atoms with Gasteiger partial charge in [-0.15, -0.1) is 0 Å². The molecule has 0 atom stereocenters. The van der Waals surface area contributed by atoms with Crippen LogP contribution < -0.4 is 5.32 Å². The number of aromatic nitrogens is 2. The molecule has 2 rings (SSSR count). The van der Waals surface area contributed by atoms with Crippen LogP contribution in [-0.2, 0) is 11.0 Å². The maximum Gasteiger partial charge on any atom is 0.471 e. The summed E-state index contributed by atoms with van der Waals surface area (Å²) in [6.45, 7) is 3.56. The van der Waals surface area contributed by atoms with Gasteiger partial charge in [-0.2, -0.15) is 18.2 Å². The van der Waals surface area contributed by atoms with Gasteiger partial charge in [0.1, 0.15) is 0 Å². The summed E-state index contributed by atoms with van der Waals surface area (Å²) in [5.74, 6) is -3.21. The van der Waals surface area contributed by atoms with Crippen LogP contribution in [0.15, 0.2) is 28.8 Å². The standard InChI is InChI=1S/C17H18F3N3O4/c1-3-16(4-2,9-12(24)25)22-14(26)11-7-5-10(6-8-11)13-21-15(27-23-13)17(18,19)20/h5-8H,3-4,9H2,1-2H3,(H,22,26)(H,24,25). The minimum Gasteiger partial charge on any atom is -0.481 e. The third kappa shape index (κ3) is 4.83. The molecule has 0 aliphatic heterocycles. The van der Waals surface area contributed by atoms with Crippen molar-refractivity contribution in [3.63, 3.8) is 0 Å². The monoisotopic (exact) mass is 385 g/mol. The number of halogens is 3. The van der Waals surface area contributed by atoms with Gasteiger partial charge < -0.3 is 14.9 Å². The minimum absolute atomic E-state index is 0.215. The summed E-state index contributed by atoms with van der Waals surface area (Å²) >= 11 is 0. The summed E-state index contributed by atoms with van der Waals surface area (Å²) in [7, 11) is 0. The van der Waals surface area contributed by atoms with E-state index in [1.807, 2.05) is 0 Å².